The van der Waals surface area contributed by atoms with Crippen LogP contribution in [0.1, 0.15) is 41.7 Å². The van der Waals surface area contributed by atoms with Gasteiger partial charge in [0.2, 0.25) is 0 Å². The van der Waals surface area contributed by atoms with E-state index in [-0.39, 0.29) is 0 Å². The Bertz CT molecular complexity index is 672. The SMILES string of the molecule is Cc1ccc(CN2Cc3ncn(C)c3[C@@H](COCC3CC3)C2)o1. The molecule has 0 unspecified atom stereocenters. The molecule has 0 bridgehead atoms. The number of hydrogen-bond acceptors (Lipinski definition) is 4. The third kappa shape index (κ3) is 3.35. The van der Waals surface area contributed by atoms with Crippen LogP contribution in [0.4, 0.5) is 0 Å². The summed E-state index contributed by atoms with van der Waals surface area (Å²) in [7, 11) is 2.09. The Kier molecular flexibility index (Phi) is 3.99. The number of rotatable bonds is 6. The summed E-state index contributed by atoms with van der Waals surface area (Å²) in [5.41, 5.74) is 2.52. The Balaban J connectivity index is 1.45. The van der Waals surface area contributed by atoms with Gasteiger partial charge < -0.3 is 13.7 Å². The van der Waals surface area contributed by atoms with E-state index in [2.05, 4.69) is 27.6 Å². The Hall–Kier alpha value is -1.59. The zero-order chi connectivity index (χ0) is 15.8. The third-order valence-electron chi connectivity index (χ3n) is 4.85. The number of aryl methyl sites for hydroxylation is 2. The summed E-state index contributed by atoms with van der Waals surface area (Å²) in [6.07, 6.45) is 4.61. The summed E-state index contributed by atoms with van der Waals surface area (Å²) < 4.78 is 13.9. The number of aromatic nitrogens is 2. The predicted octanol–water partition coefficient (Wildman–Crippen LogP) is 2.85. The minimum Gasteiger partial charge on any atom is -0.465 e. The van der Waals surface area contributed by atoms with Crippen molar-refractivity contribution in [1.29, 1.82) is 0 Å². The Morgan fingerprint density at radius 3 is 2.91 bits per heavy atom. The van der Waals surface area contributed by atoms with Gasteiger partial charge in [-0.1, -0.05) is 0 Å². The molecule has 0 spiro atoms. The van der Waals surface area contributed by atoms with Gasteiger partial charge in [0.25, 0.3) is 0 Å². The average Bonchev–Trinajstić information content (AvgIpc) is 3.15. The quantitative estimate of drug-likeness (QED) is 0.822. The number of hydrogen-bond donors (Lipinski definition) is 0. The second-order valence-electron chi connectivity index (χ2n) is 7.05. The predicted molar refractivity (Wildman–Crippen MR) is 87.1 cm³/mol. The minimum atomic E-state index is 0.390. The Labute approximate surface area is 137 Å². The van der Waals surface area contributed by atoms with Crippen LogP contribution in [-0.4, -0.2) is 34.2 Å². The van der Waals surface area contributed by atoms with Gasteiger partial charge in [-0.05, 0) is 37.8 Å². The van der Waals surface area contributed by atoms with Gasteiger partial charge in [0.1, 0.15) is 11.5 Å². The first-order valence-electron chi connectivity index (χ1n) is 8.54. The lowest BCUT2D eigenvalue weighted by Gasteiger charge is -2.32. The molecular formula is C18H25N3O2. The molecule has 1 saturated carbocycles. The summed E-state index contributed by atoms with van der Waals surface area (Å²) in [6, 6.07) is 4.10. The van der Waals surface area contributed by atoms with Gasteiger partial charge in [0.05, 0.1) is 25.2 Å². The van der Waals surface area contributed by atoms with E-state index < -0.39 is 0 Å². The fraction of sp³-hybridized carbons (Fsp3) is 0.611. The van der Waals surface area contributed by atoms with Gasteiger partial charge in [0, 0.05) is 38.4 Å². The first-order valence-corrected chi connectivity index (χ1v) is 8.54. The van der Waals surface area contributed by atoms with Crippen molar-refractivity contribution in [2.75, 3.05) is 19.8 Å². The summed E-state index contributed by atoms with van der Waals surface area (Å²) in [6.45, 7) is 6.41. The van der Waals surface area contributed by atoms with E-state index in [0.717, 1.165) is 50.3 Å². The second kappa shape index (κ2) is 6.13. The fourth-order valence-electron chi connectivity index (χ4n) is 3.51. The molecule has 4 rings (SSSR count). The molecule has 2 aromatic rings. The van der Waals surface area contributed by atoms with E-state index in [1.165, 1.54) is 24.2 Å². The van der Waals surface area contributed by atoms with Crippen molar-refractivity contribution in [3.63, 3.8) is 0 Å². The summed E-state index contributed by atoms with van der Waals surface area (Å²) in [5.74, 6) is 3.20. The summed E-state index contributed by atoms with van der Waals surface area (Å²) >= 11 is 0. The first kappa shape index (κ1) is 15.0. The molecule has 1 aliphatic heterocycles. The first-order chi connectivity index (χ1) is 11.2. The van der Waals surface area contributed by atoms with Crippen molar-refractivity contribution in [1.82, 2.24) is 14.5 Å². The number of ether oxygens (including phenoxy) is 1. The molecule has 1 fully saturated rings. The molecule has 0 N–H and O–H groups in total. The van der Waals surface area contributed by atoms with Gasteiger partial charge >= 0.3 is 0 Å². The number of nitrogens with zero attached hydrogens (tertiary/aromatic N) is 3. The highest BCUT2D eigenvalue weighted by atomic mass is 16.5. The molecule has 5 nitrogen and oxygen atoms in total. The highest BCUT2D eigenvalue weighted by Crippen LogP contribution is 2.31. The standard InChI is InChI=1S/C18H25N3O2/c1-13-3-6-16(23-13)8-21-7-15(11-22-10-14-4-5-14)18-17(9-21)19-12-20(18)2/h3,6,12,14-15H,4-5,7-11H2,1-2H3/t15-/m1/s1. The fourth-order valence-corrected chi connectivity index (χ4v) is 3.51. The lowest BCUT2D eigenvalue weighted by molar-refractivity contribution is 0.0850. The molecule has 23 heavy (non-hydrogen) atoms. The molecule has 1 atom stereocenters. The summed E-state index contributed by atoms with van der Waals surface area (Å²) in [4.78, 5) is 7.01. The van der Waals surface area contributed by atoms with Crippen LogP contribution in [-0.2, 0) is 24.9 Å². The maximum absolute atomic E-state index is 5.99. The van der Waals surface area contributed by atoms with Crippen molar-refractivity contribution >= 4 is 0 Å². The third-order valence-corrected chi connectivity index (χ3v) is 4.85. The number of fused-ring (bicyclic) bond motifs is 1. The van der Waals surface area contributed by atoms with Crippen LogP contribution in [0.3, 0.4) is 0 Å². The Morgan fingerprint density at radius 2 is 2.17 bits per heavy atom. The van der Waals surface area contributed by atoms with Gasteiger partial charge in [-0.2, -0.15) is 0 Å². The number of furan rings is 1. The zero-order valence-corrected chi connectivity index (χ0v) is 14.0. The second-order valence-corrected chi connectivity index (χ2v) is 7.05. The average molecular weight is 315 g/mol. The molecule has 3 heterocycles. The van der Waals surface area contributed by atoms with Crippen LogP contribution in [0.15, 0.2) is 22.9 Å². The molecule has 2 aromatic heterocycles. The molecule has 0 amide bonds. The lowest BCUT2D eigenvalue weighted by Crippen LogP contribution is -2.36. The van der Waals surface area contributed by atoms with Gasteiger partial charge in [0.15, 0.2) is 0 Å². The van der Waals surface area contributed by atoms with Crippen LogP contribution in [0.5, 0.6) is 0 Å². The molecule has 0 aromatic carbocycles. The molecular weight excluding hydrogens is 290 g/mol. The normalized spacial score (nSPS) is 21.6. The van der Waals surface area contributed by atoms with Gasteiger partial charge in [-0.3, -0.25) is 4.90 Å². The smallest absolute Gasteiger partial charge is 0.118 e. The lowest BCUT2D eigenvalue weighted by atomic mass is 9.99. The van der Waals surface area contributed by atoms with Crippen molar-refractivity contribution < 1.29 is 9.15 Å². The molecule has 2 aliphatic rings. The van der Waals surface area contributed by atoms with Crippen molar-refractivity contribution in [3.8, 4) is 0 Å². The van der Waals surface area contributed by atoms with Crippen molar-refractivity contribution in [2.45, 2.75) is 38.8 Å². The van der Waals surface area contributed by atoms with Gasteiger partial charge in [-0.25, -0.2) is 4.98 Å². The van der Waals surface area contributed by atoms with Crippen molar-refractivity contribution in [3.05, 3.63) is 41.4 Å². The molecule has 5 heteroatoms. The van der Waals surface area contributed by atoms with Crippen LogP contribution >= 0.6 is 0 Å². The van der Waals surface area contributed by atoms with Crippen LogP contribution < -0.4 is 0 Å². The molecule has 1 aliphatic carbocycles. The van der Waals surface area contributed by atoms with E-state index >= 15 is 0 Å². The zero-order valence-electron chi connectivity index (χ0n) is 14.0. The topological polar surface area (TPSA) is 43.4 Å². The molecule has 0 radical (unpaired) electrons. The minimum absolute atomic E-state index is 0.390. The van der Waals surface area contributed by atoms with Crippen LogP contribution in [0, 0.1) is 12.8 Å². The number of imidazole rings is 1. The monoisotopic (exact) mass is 315 g/mol. The maximum atomic E-state index is 5.99. The highest BCUT2D eigenvalue weighted by molar-refractivity contribution is 5.22. The van der Waals surface area contributed by atoms with E-state index in [1.807, 2.05) is 19.3 Å². The molecule has 0 saturated heterocycles. The van der Waals surface area contributed by atoms with E-state index in [1.54, 1.807) is 0 Å². The highest BCUT2D eigenvalue weighted by Gasteiger charge is 2.30. The van der Waals surface area contributed by atoms with Crippen LogP contribution in [0.25, 0.3) is 0 Å². The van der Waals surface area contributed by atoms with E-state index in [9.17, 15) is 0 Å². The summed E-state index contributed by atoms with van der Waals surface area (Å²) in [5, 5.41) is 0. The van der Waals surface area contributed by atoms with Gasteiger partial charge in [-0.15, -0.1) is 0 Å². The largest absolute Gasteiger partial charge is 0.465 e. The van der Waals surface area contributed by atoms with E-state index in [4.69, 9.17) is 9.15 Å². The maximum Gasteiger partial charge on any atom is 0.118 e. The van der Waals surface area contributed by atoms with Crippen LogP contribution in [0.2, 0.25) is 0 Å². The van der Waals surface area contributed by atoms with E-state index in [0.29, 0.717) is 5.92 Å². The molecule has 124 valence electrons. The Morgan fingerprint density at radius 1 is 1.30 bits per heavy atom. The van der Waals surface area contributed by atoms with Crippen molar-refractivity contribution in [2.24, 2.45) is 13.0 Å².